The van der Waals surface area contributed by atoms with E-state index in [1.54, 1.807) is 12.3 Å². The van der Waals surface area contributed by atoms with Gasteiger partial charge in [0, 0.05) is 25.2 Å². The fourth-order valence-electron chi connectivity index (χ4n) is 2.42. The number of hydrogen-bond donors (Lipinski definition) is 3. The summed E-state index contributed by atoms with van der Waals surface area (Å²) in [6.45, 7) is 4.15. The van der Waals surface area contributed by atoms with E-state index in [0.29, 0.717) is 11.7 Å². The zero-order chi connectivity index (χ0) is 17.9. The van der Waals surface area contributed by atoms with E-state index in [-0.39, 0.29) is 36.5 Å². The number of nitrogens with one attached hydrogen (secondary N) is 2. The Morgan fingerprint density at radius 2 is 1.96 bits per heavy atom. The second-order valence-corrected chi connectivity index (χ2v) is 6.06. The number of halogens is 2. The highest BCUT2D eigenvalue weighted by atomic mass is 127. The molecule has 0 bridgehead atoms. The van der Waals surface area contributed by atoms with Crippen LogP contribution in [0.1, 0.15) is 24.0 Å². The Hall–Kier alpha value is -1.38. The van der Waals surface area contributed by atoms with Crippen molar-refractivity contribution in [1.82, 2.24) is 15.6 Å². The molecule has 1 heterocycles. The van der Waals surface area contributed by atoms with Crippen molar-refractivity contribution in [3.8, 4) is 0 Å². The number of pyridine rings is 1. The highest BCUT2D eigenvalue weighted by molar-refractivity contribution is 14.0. The quantitative estimate of drug-likeness (QED) is 0.231. The van der Waals surface area contributed by atoms with Gasteiger partial charge in [0.05, 0.1) is 13.2 Å². The smallest absolute Gasteiger partial charge is 0.191 e. The Morgan fingerprint density at radius 1 is 1.19 bits per heavy atom. The number of benzene rings is 1. The van der Waals surface area contributed by atoms with E-state index in [4.69, 9.17) is 11.6 Å². The maximum absolute atomic E-state index is 9.64. The van der Waals surface area contributed by atoms with Crippen LogP contribution in [0, 0.1) is 0 Å². The van der Waals surface area contributed by atoms with Gasteiger partial charge in [-0.2, -0.15) is 0 Å². The van der Waals surface area contributed by atoms with Crippen molar-refractivity contribution >= 4 is 41.5 Å². The zero-order valence-electron chi connectivity index (χ0n) is 14.9. The predicted molar refractivity (Wildman–Crippen MR) is 119 cm³/mol. The molecule has 7 heteroatoms. The second kappa shape index (κ2) is 12.9. The molecule has 1 unspecified atom stereocenters. The zero-order valence-corrected chi connectivity index (χ0v) is 17.9. The van der Waals surface area contributed by atoms with Crippen molar-refractivity contribution in [2.75, 3.05) is 26.2 Å². The van der Waals surface area contributed by atoms with E-state index in [1.807, 2.05) is 43.3 Å². The van der Waals surface area contributed by atoms with Gasteiger partial charge in [0.15, 0.2) is 5.96 Å². The number of guanidine groups is 1. The van der Waals surface area contributed by atoms with Crippen LogP contribution in [-0.4, -0.2) is 42.3 Å². The Bertz CT molecular complexity index is 652. The van der Waals surface area contributed by atoms with E-state index < -0.39 is 0 Å². The number of hydrogen-bond acceptors (Lipinski definition) is 3. The number of aliphatic imine (C=N–C) groups is 1. The number of aliphatic hydroxyl groups excluding tert-OH is 1. The first kappa shape index (κ1) is 22.7. The lowest BCUT2D eigenvalue weighted by molar-refractivity contribution is 0.268. The SMILES string of the molecule is CCNC(=NCC(CO)c1ccccc1)NCCc1ccc(Cl)nc1.I. The maximum Gasteiger partial charge on any atom is 0.191 e. The van der Waals surface area contributed by atoms with Gasteiger partial charge in [-0.15, -0.1) is 24.0 Å². The van der Waals surface area contributed by atoms with Crippen molar-refractivity contribution in [2.45, 2.75) is 19.3 Å². The van der Waals surface area contributed by atoms with Gasteiger partial charge in [-0.25, -0.2) is 4.98 Å². The highest BCUT2D eigenvalue weighted by Crippen LogP contribution is 2.14. The summed E-state index contributed by atoms with van der Waals surface area (Å²) >= 11 is 5.80. The standard InChI is InChI=1S/C19H25ClN4O.HI/c1-2-21-19(22-11-10-15-8-9-18(20)23-12-15)24-13-17(14-25)16-6-4-3-5-7-16;/h3-9,12,17,25H,2,10-11,13-14H2,1H3,(H2,21,22,24);1H. The minimum atomic E-state index is -0.00267. The highest BCUT2D eigenvalue weighted by Gasteiger charge is 2.09. The summed E-state index contributed by atoms with van der Waals surface area (Å²) in [6, 6.07) is 13.7. The molecule has 26 heavy (non-hydrogen) atoms. The molecule has 5 nitrogen and oxygen atoms in total. The number of aromatic nitrogens is 1. The predicted octanol–water partition coefficient (Wildman–Crippen LogP) is 3.23. The topological polar surface area (TPSA) is 69.5 Å². The van der Waals surface area contributed by atoms with Crippen LogP contribution in [0.3, 0.4) is 0 Å². The maximum atomic E-state index is 9.64. The molecule has 0 aliphatic heterocycles. The van der Waals surface area contributed by atoms with Crippen molar-refractivity contribution in [1.29, 1.82) is 0 Å². The third kappa shape index (κ3) is 7.88. The van der Waals surface area contributed by atoms with E-state index in [1.165, 1.54) is 0 Å². The van der Waals surface area contributed by atoms with E-state index in [2.05, 4.69) is 20.6 Å². The fourth-order valence-corrected chi connectivity index (χ4v) is 2.53. The van der Waals surface area contributed by atoms with Crippen LogP contribution < -0.4 is 10.6 Å². The van der Waals surface area contributed by atoms with Crippen molar-refractivity contribution in [2.24, 2.45) is 4.99 Å². The van der Waals surface area contributed by atoms with Crippen LogP contribution in [0.4, 0.5) is 0 Å². The summed E-state index contributed by atoms with van der Waals surface area (Å²) in [7, 11) is 0. The largest absolute Gasteiger partial charge is 0.396 e. The van der Waals surface area contributed by atoms with Crippen LogP contribution in [0.5, 0.6) is 0 Å². The molecule has 1 atom stereocenters. The molecule has 0 fully saturated rings. The molecular weight excluding hydrogens is 463 g/mol. The molecule has 3 N–H and O–H groups in total. The van der Waals surface area contributed by atoms with Crippen LogP contribution in [0.2, 0.25) is 5.15 Å². The molecule has 2 rings (SSSR count). The minimum Gasteiger partial charge on any atom is -0.396 e. The fraction of sp³-hybridized carbons (Fsp3) is 0.368. The molecule has 1 aromatic heterocycles. The molecule has 0 radical (unpaired) electrons. The molecule has 0 aliphatic carbocycles. The summed E-state index contributed by atoms with van der Waals surface area (Å²) in [5, 5.41) is 16.7. The van der Waals surface area contributed by atoms with Crippen LogP contribution in [0.15, 0.2) is 53.7 Å². The molecule has 142 valence electrons. The van der Waals surface area contributed by atoms with Gasteiger partial charge in [-0.3, -0.25) is 4.99 Å². The summed E-state index contributed by atoms with van der Waals surface area (Å²) in [4.78, 5) is 8.69. The first-order chi connectivity index (χ1) is 12.2. The van der Waals surface area contributed by atoms with Gasteiger partial charge in [0.25, 0.3) is 0 Å². The second-order valence-electron chi connectivity index (χ2n) is 5.68. The number of nitrogens with zero attached hydrogens (tertiary/aromatic N) is 2. The molecule has 0 spiro atoms. The first-order valence-electron chi connectivity index (χ1n) is 8.51. The van der Waals surface area contributed by atoms with Crippen LogP contribution in [-0.2, 0) is 6.42 Å². The Morgan fingerprint density at radius 3 is 2.58 bits per heavy atom. The van der Waals surface area contributed by atoms with E-state index >= 15 is 0 Å². The Kier molecular flexibility index (Phi) is 11.2. The molecule has 0 aliphatic rings. The van der Waals surface area contributed by atoms with Gasteiger partial charge >= 0.3 is 0 Å². The summed E-state index contributed by atoms with van der Waals surface area (Å²) in [5.41, 5.74) is 2.21. The average Bonchev–Trinajstić information content (AvgIpc) is 2.64. The monoisotopic (exact) mass is 488 g/mol. The Balaban J connectivity index is 0.00000338. The number of rotatable bonds is 8. The van der Waals surface area contributed by atoms with Gasteiger partial charge in [0.1, 0.15) is 5.15 Å². The van der Waals surface area contributed by atoms with E-state index in [0.717, 1.165) is 36.6 Å². The van der Waals surface area contributed by atoms with Crippen LogP contribution in [0.25, 0.3) is 0 Å². The first-order valence-corrected chi connectivity index (χ1v) is 8.89. The molecule has 0 saturated heterocycles. The average molecular weight is 489 g/mol. The molecular formula is C19H26ClIN4O. The van der Waals surface area contributed by atoms with Crippen molar-refractivity contribution in [3.05, 3.63) is 64.9 Å². The minimum absolute atomic E-state index is 0. The van der Waals surface area contributed by atoms with Gasteiger partial charge in [0.2, 0.25) is 0 Å². The lowest BCUT2D eigenvalue weighted by Crippen LogP contribution is -2.38. The third-order valence-corrected chi connectivity index (χ3v) is 4.02. The van der Waals surface area contributed by atoms with Crippen LogP contribution >= 0.6 is 35.6 Å². The van der Waals surface area contributed by atoms with Gasteiger partial charge in [-0.1, -0.05) is 48.0 Å². The lowest BCUT2D eigenvalue weighted by Gasteiger charge is -2.15. The van der Waals surface area contributed by atoms with Gasteiger partial charge in [-0.05, 0) is 30.5 Å². The third-order valence-electron chi connectivity index (χ3n) is 3.80. The molecule has 0 amide bonds. The summed E-state index contributed by atoms with van der Waals surface area (Å²) in [6.07, 6.45) is 2.61. The Labute approximate surface area is 177 Å². The van der Waals surface area contributed by atoms with Gasteiger partial charge < -0.3 is 15.7 Å². The molecule has 1 aromatic carbocycles. The molecule has 0 saturated carbocycles. The normalized spacial score (nSPS) is 12.2. The van der Waals surface area contributed by atoms with Crippen molar-refractivity contribution in [3.63, 3.8) is 0 Å². The summed E-state index contributed by atoms with van der Waals surface area (Å²) in [5.74, 6) is 0.746. The van der Waals surface area contributed by atoms with E-state index in [9.17, 15) is 5.11 Å². The number of aliphatic hydroxyl groups is 1. The van der Waals surface area contributed by atoms with Crippen molar-refractivity contribution < 1.29 is 5.11 Å². The summed E-state index contributed by atoms with van der Waals surface area (Å²) < 4.78 is 0. The molecule has 2 aromatic rings. The lowest BCUT2D eigenvalue weighted by atomic mass is 10.0.